The number of carbonyl (C=O) groups excluding carboxylic acids is 1. The number of carbonyl (C=O) groups is 1. The largest absolute Gasteiger partial charge is 0.492 e. The van der Waals surface area contributed by atoms with Gasteiger partial charge < -0.3 is 15.2 Å². The molecule has 1 aromatic rings. The summed E-state index contributed by atoms with van der Waals surface area (Å²) in [5.74, 6) is 0.154. The van der Waals surface area contributed by atoms with Crippen molar-refractivity contribution in [2.24, 2.45) is 0 Å². The Morgan fingerprint density at radius 1 is 1.33 bits per heavy atom. The molecule has 0 aromatic heterocycles. The molecule has 0 atom stereocenters. The van der Waals surface area contributed by atoms with Crippen molar-refractivity contribution < 1.29 is 14.3 Å². The topological polar surface area (TPSA) is 61.5 Å². The van der Waals surface area contributed by atoms with Gasteiger partial charge in [-0.15, -0.1) is 0 Å². The van der Waals surface area contributed by atoms with Gasteiger partial charge in [0.15, 0.2) is 0 Å². The van der Waals surface area contributed by atoms with Crippen molar-refractivity contribution in [3.05, 3.63) is 23.8 Å². The molecule has 4 heteroatoms. The van der Waals surface area contributed by atoms with Gasteiger partial charge in [-0.05, 0) is 32.0 Å². The Balaban J connectivity index is 2.91. The number of hydrogen-bond acceptors (Lipinski definition) is 4. The Bertz CT molecular complexity index is 350. The van der Waals surface area contributed by atoms with Gasteiger partial charge in [-0.3, -0.25) is 0 Å². The molecule has 0 spiro atoms. The molecule has 0 heterocycles. The van der Waals surface area contributed by atoms with Gasteiger partial charge in [-0.1, -0.05) is 0 Å². The lowest BCUT2D eigenvalue weighted by Crippen LogP contribution is -2.06. The third kappa shape index (κ3) is 2.87. The van der Waals surface area contributed by atoms with E-state index in [1.165, 1.54) is 0 Å². The normalized spacial score (nSPS) is 9.73. The van der Waals surface area contributed by atoms with Gasteiger partial charge in [0, 0.05) is 0 Å². The summed E-state index contributed by atoms with van der Waals surface area (Å²) in [7, 11) is 0. The number of nitrogens with two attached hydrogens (primary N) is 1. The molecule has 1 aromatic carbocycles. The van der Waals surface area contributed by atoms with Crippen LogP contribution in [0, 0.1) is 0 Å². The average molecular weight is 209 g/mol. The number of hydrogen-bond donors (Lipinski definition) is 1. The van der Waals surface area contributed by atoms with Crippen molar-refractivity contribution >= 4 is 11.7 Å². The van der Waals surface area contributed by atoms with Gasteiger partial charge >= 0.3 is 5.97 Å². The van der Waals surface area contributed by atoms with Crippen LogP contribution in [0.5, 0.6) is 5.75 Å². The highest BCUT2D eigenvalue weighted by Gasteiger charge is 2.09. The fourth-order valence-corrected chi connectivity index (χ4v) is 1.16. The molecule has 82 valence electrons. The quantitative estimate of drug-likeness (QED) is 0.607. The minimum absolute atomic E-state index is 0.354. The minimum atomic E-state index is -0.363. The fourth-order valence-electron chi connectivity index (χ4n) is 1.16. The summed E-state index contributed by atoms with van der Waals surface area (Å²) < 4.78 is 10.1. The van der Waals surface area contributed by atoms with Crippen molar-refractivity contribution in [3.63, 3.8) is 0 Å². The Kier molecular flexibility index (Phi) is 3.97. The highest BCUT2D eigenvalue weighted by atomic mass is 16.5. The molecule has 0 aliphatic rings. The lowest BCUT2D eigenvalue weighted by Gasteiger charge is -2.08. The molecule has 0 aliphatic carbocycles. The standard InChI is InChI=1S/C11H15NO3/c1-3-14-10-7-8(5-6-9(10)12)11(13)15-4-2/h5-7H,3-4,12H2,1-2H3. The SMILES string of the molecule is CCOC(=O)c1ccc(N)c(OCC)c1. The summed E-state index contributed by atoms with van der Waals surface area (Å²) in [5, 5.41) is 0. The maximum absolute atomic E-state index is 11.4. The van der Waals surface area contributed by atoms with Gasteiger partial charge in [-0.25, -0.2) is 4.79 Å². The highest BCUT2D eigenvalue weighted by molar-refractivity contribution is 5.90. The molecule has 0 aliphatic heterocycles. The molecule has 0 bridgehead atoms. The molecular formula is C11H15NO3. The lowest BCUT2D eigenvalue weighted by atomic mass is 10.2. The summed E-state index contributed by atoms with van der Waals surface area (Å²) in [6, 6.07) is 4.85. The fraction of sp³-hybridized carbons (Fsp3) is 0.364. The monoisotopic (exact) mass is 209 g/mol. The third-order valence-electron chi connectivity index (χ3n) is 1.82. The van der Waals surface area contributed by atoms with Gasteiger partial charge in [0.05, 0.1) is 24.5 Å². The first kappa shape index (κ1) is 11.4. The second-order valence-corrected chi connectivity index (χ2v) is 2.91. The minimum Gasteiger partial charge on any atom is -0.492 e. The van der Waals surface area contributed by atoms with Crippen LogP contribution in [0.2, 0.25) is 0 Å². The third-order valence-corrected chi connectivity index (χ3v) is 1.82. The van der Waals surface area contributed by atoms with E-state index in [2.05, 4.69) is 0 Å². The van der Waals surface area contributed by atoms with Crippen LogP contribution in [0.15, 0.2) is 18.2 Å². The van der Waals surface area contributed by atoms with Crippen LogP contribution in [0.25, 0.3) is 0 Å². The molecule has 4 nitrogen and oxygen atoms in total. The second kappa shape index (κ2) is 5.24. The molecule has 15 heavy (non-hydrogen) atoms. The van der Waals surface area contributed by atoms with Crippen molar-refractivity contribution in [2.75, 3.05) is 18.9 Å². The summed E-state index contributed by atoms with van der Waals surface area (Å²) >= 11 is 0. The summed E-state index contributed by atoms with van der Waals surface area (Å²) in [5.41, 5.74) is 6.64. The molecule has 1 rings (SSSR count). The molecule has 0 radical (unpaired) electrons. The van der Waals surface area contributed by atoms with E-state index in [0.717, 1.165) is 0 Å². The van der Waals surface area contributed by atoms with E-state index in [1.807, 2.05) is 6.92 Å². The number of benzene rings is 1. The average Bonchev–Trinajstić information content (AvgIpc) is 2.22. The molecular weight excluding hydrogens is 194 g/mol. The van der Waals surface area contributed by atoms with Crippen LogP contribution >= 0.6 is 0 Å². The van der Waals surface area contributed by atoms with Crippen molar-refractivity contribution in [2.45, 2.75) is 13.8 Å². The van der Waals surface area contributed by atoms with E-state index in [1.54, 1.807) is 25.1 Å². The lowest BCUT2D eigenvalue weighted by molar-refractivity contribution is 0.0526. The van der Waals surface area contributed by atoms with Gasteiger partial charge in [0.2, 0.25) is 0 Å². The Morgan fingerprint density at radius 3 is 2.67 bits per heavy atom. The number of nitrogen functional groups attached to an aromatic ring is 1. The molecule has 2 N–H and O–H groups in total. The number of ether oxygens (including phenoxy) is 2. The Hall–Kier alpha value is -1.71. The van der Waals surface area contributed by atoms with Crippen molar-refractivity contribution in [1.82, 2.24) is 0 Å². The predicted octanol–water partition coefficient (Wildman–Crippen LogP) is 1.84. The first-order valence-corrected chi connectivity index (χ1v) is 4.88. The maximum Gasteiger partial charge on any atom is 0.338 e. The summed E-state index contributed by atoms with van der Waals surface area (Å²) in [6.07, 6.45) is 0. The zero-order chi connectivity index (χ0) is 11.3. The van der Waals surface area contributed by atoms with E-state index in [0.29, 0.717) is 30.2 Å². The first-order valence-electron chi connectivity index (χ1n) is 4.88. The summed E-state index contributed by atoms with van der Waals surface area (Å²) in [4.78, 5) is 11.4. The first-order chi connectivity index (χ1) is 7.19. The molecule has 0 fully saturated rings. The van der Waals surface area contributed by atoms with Crippen LogP contribution in [-0.4, -0.2) is 19.2 Å². The van der Waals surface area contributed by atoms with E-state index in [4.69, 9.17) is 15.2 Å². The zero-order valence-corrected chi connectivity index (χ0v) is 8.95. The molecule has 0 saturated carbocycles. The molecule has 0 unspecified atom stereocenters. The zero-order valence-electron chi connectivity index (χ0n) is 8.95. The van der Waals surface area contributed by atoms with Crippen LogP contribution in [0.4, 0.5) is 5.69 Å². The highest BCUT2D eigenvalue weighted by Crippen LogP contribution is 2.23. The second-order valence-electron chi connectivity index (χ2n) is 2.91. The Morgan fingerprint density at radius 2 is 2.07 bits per heavy atom. The van der Waals surface area contributed by atoms with Gasteiger partial charge in [0.25, 0.3) is 0 Å². The van der Waals surface area contributed by atoms with Crippen LogP contribution < -0.4 is 10.5 Å². The smallest absolute Gasteiger partial charge is 0.338 e. The van der Waals surface area contributed by atoms with E-state index < -0.39 is 0 Å². The van der Waals surface area contributed by atoms with Crippen molar-refractivity contribution in [3.8, 4) is 5.75 Å². The number of anilines is 1. The van der Waals surface area contributed by atoms with E-state index in [-0.39, 0.29) is 5.97 Å². The number of rotatable bonds is 4. The van der Waals surface area contributed by atoms with Crippen LogP contribution in [0.1, 0.15) is 24.2 Å². The van der Waals surface area contributed by atoms with Crippen LogP contribution in [-0.2, 0) is 4.74 Å². The Labute approximate surface area is 89.0 Å². The van der Waals surface area contributed by atoms with Gasteiger partial charge in [-0.2, -0.15) is 0 Å². The van der Waals surface area contributed by atoms with Crippen LogP contribution in [0.3, 0.4) is 0 Å². The predicted molar refractivity (Wildman–Crippen MR) is 58.0 cm³/mol. The van der Waals surface area contributed by atoms with E-state index >= 15 is 0 Å². The molecule has 0 saturated heterocycles. The maximum atomic E-state index is 11.4. The number of esters is 1. The van der Waals surface area contributed by atoms with E-state index in [9.17, 15) is 4.79 Å². The molecule has 0 amide bonds. The summed E-state index contributed by atoms with van der Waals surface area (Å²) in [6.45, 7) is 4.48. The van der Waals surface area contributed by atoms with Crippen molar-refractivity contribution in [1.29, 1.82) is 0 Å². The van der Waals surface area contributed by atoms with Gasteiger partial charge in [0.1, 0.15) is 5.75 Å².